The Bertz CT molecular complexity index is 882. The summed E-state index contributed by atoms with van der Waals surface area (Å²) in [6.07, 6.45) is 0. The Kier molecular flexibility index (Phi) is 6.38. The number of thioether (sulfide) groups is 1. The third-order valence-corrected chi connectivity index (χ3v) is 4.85. The van der Waals surface area contributed by atoms with E-state index in [1.165, 1.54) is 7.11 Å². The molecule has 0 fully saturated rings. The number of hydrogen-bond acceptors (Lipinski definition) is 6. The molecule has 1 amide bonds. The van der Waals surface area contributed by atoms with Crippen molar-refractivity contribution in [3.05, 3.63) is 50.0 Å². The molecule has 2 aromatic rings. The van der Waals surface area contributed by atoms with Crippen molar-refractivity contribution < 1.29 is 14.3 Å². The normalized spacial score (nSPS) is 10.4. The molecule has 1 aromatic carbocycles. The molecule has 2 N–H and O–H groups in total. The SMILES string of the molecule is COC(=O)c1c(SCC(=O)Nc2ccc(C)cc2Br)nc(=O)[nH]c1C. The van der Waals surface area contributed by atoms with Crippen molar-refractivity contribution in [2.75, 3.05) is 18.2 Å². The van der Waals surface area contributed by atoms with Crippen molar-refractivity contribution in [3.8, 4) is 0 Å². The summed E-state index contributed by atoms with van der Waals surface area (Å²) in [5.41, 5.74) is 1.60. The van der Waals surface area contributed by atoms with Gasteiger partial charge >= 0.3 is 11.7 Å². The Morgan fingerprint density at radius 1 is 1.36 bits per heavy atom. The number of carbonyl (C=O) groups is 2. The van der Waals surface area contributed by atoms with Gasteiger partial charge in [-0.3, -0.25) is 4.79 Å². The van der Waals surface area contributed by atoms with Crippen molar-refractivity contribution >= 4 is 45.3 Å². The van der Waals surface area contributed by atoms with E-state index in [1.807, 2.05) is 19.1 Å². The highest BCUT2D eigenvalue weighted by Crippen LogP contribution is 2.25. The number of carbonyl (C=O) groups excluding carboxylic acids is 2. The summed E-state index contributed by atoms with van der Waals surface area (Å²) in [5, 5.41) is 2.92. The summed E-state index contributed by atoms with van der Waals surface area (Å²) in [6.45, 7) is 3.52. The molecule has 9 heteroatoms. The van der Waals surface area contributed by atoms with Crippen LogP contribution in [0.15, 0.2) is 32.5 Å². The lowest BCUT2D eigenvalue weighted by atomic mass is 10.2. The van der Waals surface area contributed by atoms with Gasteiger partial charge in [-0.2, -0.15) is 4.98 Å². The average molecular weight is 426 g/mol. The maximum atomic E-state index is 12.2. The van der Waals surface area contributed by atoms with Crippen LogP contribution in [0.25, 0.3) is 0 Å². The second-order valence-corrected chi connectivity index (χ2v) is 6.98. The molecule has 0 radical (unpaired) electrons. The van der Waals surface area contributed by atoms with E-state index in [-0.39, 0.29) is 22.2 Å². The predicted octanol–water partition coefficient (Wildman–Crippen LogP) is 2.67. The molecule has 1 heterocycles. The van der Waals surface area contributed by atoms with Gasteiger partial charge in [-0.25, -0.2) is 9.59 Å². The van der Waals surface area contributed by atoms with Crippen LogP contribution in [0.1, 0.15) is 21.6 Å². The summed E-state index contributed by atoms with van der Waals surface area (Å²) in [6, 6.07) is 5.56. The minimum atomic E-state index is -0.620. The van der Waals surface area contributed by atoms with E-state index in [0.717, 1.165) is 21.8 Å². The molecular formula is C16H16BrN3O4S. The fourth-order valence-corrected chi connectivity index (χ4v) is 3.51. The lowest BCUT2D eigenvalue weighted by molar-refractivity contribution is -0.113. The molecule has 25 heavy (non-hydrogen) atoms. The van der Waals surface area contributed by atoms with Crippen LogP contribution in [-0.2, 0) is 9.53 Å². The van der Waals surface area contributed by atoms with E-state index in [0.29, 0.717) is 11.4 Å². The van der Waals surface area contributed by atoms with Crippen molar-refractivity contribution in [1.82, 2.24) is 9.97 Å². The Labute approximate surface area is 156 Å². The molecule has 0 atom stereocenters. The van der Waals surface area contributed by atoms with E-state index >= 15 is 0 Å². The molecule has 0 bridgehead atoms. The first-order valence-corrected chi connectivity index (χ1v) is 8.97. The van der Waals surface area contributed by atoms with Gasteiger partial charge in [0.1, 0.15) is 10.6 Å². The maximum absolute atomic E-state index is 12.2. The number of aryl methyl sites for hydroxylation is 2. The third-order valence-electron chi connectivity index (χ3n) is 3.21. The van der Waals surface area contributed by atoms with E-state index in [1.54, 1.807) is 13.0 Å². The highest BCUT2D eigenvalue weighted by atomic mass is 79.9. The first-order chi connectivity index (χ1) is 11.8. The Hall–Kier alpha value is -2.13. The number of halogens is 1. The van der Waals surface area contributed by atoms with Gasteiger partial charge in [0.05, 0.1) is 18.6 Å². The smallest absolute Gasteiger partial charge is 0.346 e. The molecule has 2 rings (SSSR count). The predicted molar refractivity (Wildman–Crippen MR) is 99.2 cm³/mol. The molecule has 0 aliphatic carbocycles. The highest BCUT2D eigenvalue weighted by molar-refractivity contribution is 9.10. The number of nitrogens with zero attached hydrogens (tertiary/aromatic N) is 1. The molecule has 132 valence electrons. The zero-order valence-electron chi connectivity index (χ0n) is 13.8. The van der Waals surface area contributed by atoms with E-state index in [2.05, 4.69) is 31.2 Å². The van der Waals surface area contributed by atoms with Gasteiger partial charge in [-0.05, 0) is 47.5 Å². The quantitative estimate of drug-likeness (QED) is 0.433. The minimum Gasteiger partial charge on any atom is -0.465 e. The topological polar surface area (TPSA) is 101 Å². The van der Waals surface area contributed by atoms with Crippen LogP contribution in [0.4, 0.5) is 5.69 Å². The Morgan fingerprint density at radius 2 is 2.08 bits per heavy atom. The number of amides is 1. The Morgan fingerprint density at radius 3 is 2.72 bits per heavy atom. The summed E-state index contributed by atoms with van der Waals surface area (Å²) >= 11 is 4.39. The second kappa shape index (κ2) is 8.30. The summed E-state index contributed by atoms with van der Waals surface area (Å²) in [7, 11) is 1.24. The van der Waals surface area contributed by atoms with Crippen molar-refractivity contribution in [1.29, 1.82) is 0 Å². The number of aromatic nitrogens is 2. The van der Waals surface area contributed by atoms with E-state index < -0.39 is 11.7 Å². The van der Waals surface area contributed by atoms with Crippen LogP contribution in [0.5, 0.6) is 0 Å². The first-order valence-electron chi connectivity index (χ1n) is 7.20. The molecular weight excluding hydrogens is 410 g/mol. The zero-order valence-corrected chi connectivity index (χ0v) is 16.2. The average Bonchev–Trinajstić information content (AvgIpc) is 2.54. The molecule has 0 spiro atoms. The number of hydrogen-bond donors (Lipinski definition) is 2. The molecule has 0 saturated carbocycles. The molecule has 7 nitrogen and oxygen atoms in total. The maximum Gasteiger partial charge on any atom is 0.346 e. The summed E-state index contributed by atoms with van der Waals surface area (Å²) < 4.78 is 5.48. The second-order valence-electron chi connectivity index (χ2n) is 5.16. The lowest BCUT2D eigenvalue weighted by Crippen LogP contribution is -2.20. The number of H-pyrrole nitrogens is 1. The third kappa shape index (κ3) is 4.93. The molecule has 1 aromatic heterocycles. The zero-order chi connectivity index (χ0) is 18.6. The first kappa shape index (κ1) is 19.2. The number of rotatable bonds is 5. The van der Waals surface area contributed by atoms with Crippen LogP contribution >= 0.6 is 27.7 Å². The van der Waals surface area contributed by atoms with Crippen LogP contribution in [0, 0.1) is 13.8 Å². The molecule has 0 aliphatic rings. The van der Waals surface area contributed by atoms with Gasteiger partial charge in [0.25, 0.3) is 0 Å². The number of benzene rings is 1. The fraction of sp³-hybridized carbons (Fsp3) is 0.250. The van der Waals surface area contributed by atoms with Gasteiger partial charge in [0.2, 0.25) is 5.91 Å². The van der Waals surface area contributed by atoms with Crippen molar-refractivity contribution in [2.24, 2.45) is 0 Å². The lowest BCUT2D eigenvalue weighted by Gasteiger charge is -2.10. The number of esters is 1. The molecule has 0 unspecified atom stereocenters. The van der Waals surface area contributed by atoms with Crippen LogP contribution in [0.3, 0.4) is 0 Å². The molecule has 0 saturated heterocycles. The van der Waals surface area contributed by atoms with Crippen LogP contribution < -0.4 is 11.0 Å². The van der Waals surface area contributed by atoms with Crippen LogP contribution in [-0.4, -0.2) is 34.7 Å². The van der Waals surface area contributed by atoms with Crippen molar-refractivity contribution in [3.63, 3.8) is 0 Å². The van der Waals surface area contributed by atoms with Gasteiger partial charge in [0.15, 0.2) is 0 Å². The summed E-state index contributed by atoms with van der Waals surface area (Å²) in [4.78, 5) is 41.8. The van der Waals surface area contributed by atoms with E-state index in [9.17, 15) is 14.4 Å². The van der Waals surface area contributed by atoms with Gasteiger partial charge < -0.3 is 15.0 Å². The van der Waals surface area contributed by atoms with Gasteiger partial charge in [-0.15, -0.1) is 0 Å². The van der Waals surface area contributed by atoms with Gasteiger partial charge in [-0.1, -0.05) is 17.8 Å². The number of anilines is 1. The molecule has 0 aliphatic heterocycles. The number of nitrogens with one attached hydrogen (secondary N) is 2. The van der Waals surface area contributed by atoms with Crippen LogP contribution in [0.2, 0.25) is 0 Å². The fourth-order valence-electron chi connectivity index (χ4n) is 2.05. The monoisotopic (exact) mass is 425 g/mol. The standard InChI is InChI=1S/C16H16BrN3O4S/c1-8-4-5-11(10(17)6-8)19-12(21)7-25-14-13(15(22)24-3)9(2)18-16(23)20-14/h4-6H,7H2,1-3H3,(H,19,21)(H,18,20,23). The minimum absolute atomic E-state index is 0.0137. The number of ether oxygens (including phenoxy) is 1. The summed E-state index contributed by atoms with van der Waals surface area (Å²) in [5.74, 6) is -0.921. The van der Waals surface area contributed by atoms with Crippen molar-refractivity contribution in [2.45, 2.75) is 18.9 Å². The Balaban J connectivity index is 2.14. The van der Waals surface area contributed by atoms with E-state index in [4.69, 9.17) is 4.74 Å². The number of aromatic amines is 1. The number of methoxy groups -OCH3 is 1. The van der Waals surface area contributed by atoms with Gasteiger partial charge in [0, 0.05) is 10.2 Å². The highest BCUT2D eigenvalue weighted by Gasteiger charge is 2.19. The largest absolute Gasteiger partial charge is 0.465 e.